The largest absolute Gasteiger partial charge is 0.374 e. The van der Waals surface area contributed by atoms with E-state index < -0.39 is 6.23 Å². The first-order chi connectivity index (χ1) is 6.09. The predicted molar refractivity (Wildman–Crippen MR) is 54.4 cm³/mol. The fourth-order valence-corrected chi connectivity index (χ4v) is 1.25. The Balaban J connectivity index is 2.71. The number of rotatable bonds is 3. The Hall–Kier alpha value is -0.860. The molecule has 0 amide bonds. The summed E-state index contributed by atoms with van der Waals surface area (Å²) in [6.07, 6.45) is -0.556. The third kappa shape index (κ3) is 3.17. The number of aliphatic hydroxyl groups excluding tert-OH is 1. The number of nitrogens with one attached hydrogen (secondary N) is 1. The van der Waals surface area contributed by atoms with Gasteiger partial charge in [0.15, 0.2) is 0 Å². The lowest BCUT2D eigenvalue weighted by Gasteiger charge is -2.16. The molecule has 0 fully saturated rings. The average molecular weight is 179 g/mol. The maximum absolute atomic E-state index is 9.70. The van der Waals surface area contributed by atoms with Crippen LogP contribution in [0.2, 0.25) is 0 Å². The third-order valence-electron chi connectivity index (χ3n) is 1.85. The Bertz CT molecular complexity index is 271. The van der Waals surface area contributed by atoms with E-state index in [1.54, 1.807) is 0 Å². The molecule has 1 aromatic carbocycles. The number of aryl methyl sites for hydroxylation is 1. The second-order valence-corrected chi connectivity index (χ2v) is 3.64. The summed E-state index contributed by atoms with van der Waals surface area (Å²) >= 11 is 0. The highest BCUT2D eigenvalue weighted by molar-refractivity contribution is 5.23. The minimum atomic E-state index is -0.556. The van der Waals surface area contributed by atoms with Crippen LogP contribution in [0.5, 0.6) is 0 Å². The normalized spacial score (nSPS) is 13.3. The summed E-state index contributed by atoms with van der Waals surface area (Å²) in [5.41, 5.74) is 2.09. The van der Waals surface area contributed by atoms with Gasteiger partial charge >= 0.3 is 0 Å². The molecule has 0 saturated heterocycles. The van der Waals surface area contributed by atoms with Crippen molar-refractivity contribution in [3.63, 3.8) is 0 Å². The summed E-state index contributed by atoms with van der Waals surface area (Å²) in [5, 5.41) is 12.7. The molecule has 0 heterocycles. The van der Waals surface area contributed by atoms with Crippen molar-refractivity contribution in [1.29, 1.82) is 0 Å². The van der Waals surface area contributed by atoms with Crippen molar-refractivity contribution < 1.29 is 5.11 Å². The summed E-state index contributed by atoms with van der Waals surface area (Å²) in [6, 6.07) is 8.17. The van der Waals surface area contributed by atoms with E-state index in [-0.39, 0.29) is 6.04 Å². The second kappa shape index (κ2) is 4.40. The minimum absolute atomic E-state index is 0.288. The zero-order valence-electron chi connectivity index (χ0n) is 8.41. The molecular formula is C11H17NO. The molecule has 1 atom stereocenters. The van der Waals surface area contributed by atoms with E-state index in [1.165, 1.54) is 5.56 Å². The molecule has 1 unspecified atom stereocenters. The monoisotopic (exact) mass is 179 g/mol. The van der Waals surface area contributed by atoms with Gasteiger partial charge < -0.3 is 5.11 Å². The SMILES string of the molecule is Cc1cccc(C(O)NC(C)C)c1. The fraction of sp³-hybridized carbons (Fsp3) is 0.455. The van der Waals surface area contributed by atoms with E-state index in [9.17, 15) is 5.11 Å². The van der Waals surface area contributed by atoms with E-state index in [1.807, 2.05) is 45.0 Å². The molecule has 1 rings (SSSR count). The standard InChI is InChI=1S/C11H17NO/c1-8(2)12-11(13)10-6-4-5-9(3)7-10/h4-8,11-13H,1-3H3. The van der Waals surface area contributed by atoms with Crippen LogP contribution in [-0.4, -0.2) is 11.1 Å². The van der Waals surface area contributed by atoms with Gasteiger partial charge in [0.05, 0.1) is 0 Å². The van der Waals surface area contributed by atoms with E-state index >= 15 is 0 Å². The third-order valence-corrected chi connectivity index (χ3v) is 1.85. The summed E-state index contributed by atoms with van der Waals surface area (Å²) in [7, 11) is 0. The van der Waals surface area contributed by atoms with Crippen molar-refractivity contribution in [1.82, 2.24) is 5.32 Å². The Morgan fingerprint density at radius 3 is 2.54 bits per heavy atom. The number of hydrogen-bond acceptors (Lipinski definition) is 2. The van der Waals surface area contributed by atoms with Crippen LogP contribution in [0.4, 0.5) is 0 Å². The van der Waals surface area contributed by atoms with Crippen LogP contribution < -0.4 is 5.32 Å². The van der Waals surface area contributed by atoms with Gasteiger partial charge in [-0.3, -0.25) is 5.32 Å². The van der Waals surface area contributed by atoms with Gasteiger partial charge in [-0.05, 0) is 26.3 Å². The zero-order chi connectivity index (χ0) is 9.84. The summed E-state index contributed by atoms with van der Waals surface area (Å²) in [6.45, 7) is 6.05. The van der Waals surface area contributed by atoms with E-state index in [0.717, 1.165) is 5.56 Å². The zero-order valence-corrected chi connectivity index (χ0v) is 8.41. The van der Waals surface area contributed by atoms with Crippen molar-refractivity contribution in [3.05, 3.63) is 35.4 Å². The van der Waals surface area contributed by atoms with Gasteiger partial charge in [-0.1, -0.05) is 29.8 Å². The van der Waals surface area contributed by atoms with Crippen LogP contribution in [0.15, 0.2) is 24.3 Å². The lowest BCUT2D eigenvalue weighted by Crippen LogP contribution is -2.27. The van der Waals surface area contributed by atoms with Gasteiger partial charge in [0, 0.05) is 6.04 Å². The molecule has 0 aromatic heterocycles. The molecule has 0 aliphatic heterocycles. The molecule has 0 bridgehead atoms. The van der Waals surface area contributed by atoms with Gasteiger partial charge in [0.25, 0.3) is 0 Å². The van der Waals surface area contributed by atoms with Crippen molar-refractivity contribution >= 4 is 0 Å². The fourth-order valence-electron chi connectivity index (χ4n) is 1.25. The van der Waals surface area contributed by atoms with Gasteiger partial charge in [-0.15, -0.1) is 0 Å². The van der Waals surface area contributed by atoms with E-state index in [2.05, 4.69) is 5.32 Å². The molecule has 72 valence electrons. The topological polar surface area (TPSA) is 32.3 Å². The maximum atomic E-state index is 9.70. The first-order valence-electron chi connectivity index (χ1n) is 4.60. The molecule has 0 saturated carbocycles. The van der Waals surface area contributed by atoms with Crippen LogP contribution in [0, 0.1) is 6.92 Å². The van der Waals surface area contributed by atoms with Crippen LogP contribution in [0.1, 0.15) is 31.2 Å². The van der Waals surface area contributed by atoms with Crippen LogP contribution in [0.3, 0.4) is 0 Å². The summed E-state index contributed by atoms with van der Waals surface area (Å²) in [5.74, 6) is 0. The molecule has 2 N–H and O–H groups in total. The average Bonchev–Trinajstić information content (AvgIpc) is 2.03. The van der Waals surface area contributed by atoms with Gasteiger partial charge in [0.2, 0.25) is 0 Å². The Morgan fingerprint density at radius 1 is 1.31 bits per heavy atom. The van der Waals surface area contributed by atoms with Gasteiger partial charge in [-0.25, -0.2) is 0 Å². The van der Waals surface area contributed by atoms with Crippen LogP contribution >= 0.6 is 0 Å². The first-order valence-corrected chi connectivity index (χ1v) is 4.60. The summed E-state index contributed by atoms with van der Waals surface area (Å²) in [4.78, 5) is 0. The number of benzene rings is 1. The van der Waals surface area contributed by atoms with Crippen molar-refractivity contribution in [2.45, 2.75) is 33.0 Å². The molecule has 0 radical (unpaired) electrons. The minimum Gasteiger partial charge on any atom is -0.374 e. The highest BCUT2D eigenvalue weighted by atomic mass is 16.3. The molecule has 0 aliphatic rings. The maximum Gasteiger partial charge on any atom is 0.131 e. The molecule has 0 aliphatic carbocycles. The second-order valence-electron chi connectivity index (χ2n) is 3.64. The Morgan fingerprint density at radius 2 is 2.00 bits per heavy atom. The van der Waals surface area contributed by atoms with E-state index in [4.69, 9.17) is 0 Å². The number of aliphatic hydroxyl groups is 1. The molecular weight excluding hydrogens is 162 g/mol. The highest BCUT2D eigenvalue weighted by Gasteiger charge is 2.07. The Labute approximate surface area is 79.6 Å². The molecule has 1 aromatic rings. The lowest BCUT2D eigenvalue weighted by molar-refractivity contribution is 0.129. The van der Waals surface area contributed by atoms with Crippen molar-refractivity contribution in [3.8, 4) is 0 Å². The van der Waals surface area contributed by atoms with Gasteiger partial charge in [-0.2, -0.15) is 0 Å². The smallest absolute Gasteiger partial charge is 0.131 e. The first kappa shape index (κ1) is 10.2. The van der Waals surface area contributed by atoms with E-state index in [0.29, 0.717) is 0 Å². The van der Waals surface area contributed by atoms with Crippen LogP contribution in [0.25, 0.3) is 0 Å². The molecule has 2 nitrogen and oxygen atoms in total. The number of hydrogen-bond donors (Lipinski definition) is 2. The molecule has 2 heteroatoms. The predicted octanol–water partition coefficient (Wildman–Crippen LogP) is 1.98. The lowest BCUT2D eigenvalue weighted by atomic mass is 10.1. The Kier molecular flexibility index (Phi) is 3.46. The molecule has 0 spiro atoms. The summed E-state index contributed by atoms with van der Waals surface area (Å²) < 4.78 is 0. The van der Waals surface area contributed by atoms with Crippen molar-refractivity contribution in [2.24, 2.45) is 0 Å². The quantitative estimate of drug-likeness (QED) is 0.695. The molecule has 13 heavy (non-hydrogen) atoms. The van der Waals surface area contributed by atoms with Crippen LogP contribution in [-0.2, 0) is 0 Å². The highest BCUT2D eigenvalue weighted by Crippen LogP contribution is 2.11. The van der Waals surface area contributed by atoms with Gasteiger partial charge in [0.1, 0.15) is 6.23 Å². The van der Waals surface area contributed by atoms with Crippen molar-refractivity contribution in [2.75, 3.05) is 0 Å².